The number of rotatable bonds is 5. The second-order valence-corrected chi connectivity index (χ2v) is 5.41. The highest BCUT2D eigenvalue weighted by Crippen LogP contribution is 2.18. The summed E-state index contributed by atoms with van der Waals surface area (Å²) in [6.07, 6.45) is 0. The molecule has 5 heteroatoms. The van der Waals surface area contributed by atoms with E-state index in [-0.39, 0.29) is 5.56 Å². The predicted molar refractivity (Wildman–Crippen MR) is 91.5 cm³/mol. The molecule has 0 unspecified atom stereocenters. The van der Waals surface area contributed by atoms with E-state index in [9.17, 15) is 13.6 Å². The van der Waals surface area contributed by atoms with Gasteiger partial charge in [0, 0.05) is 17.3 Å². The Labute approximate surface area is 143 Å². The van der Waals surface area contributed by atoms with Crippen LogP contribution < -0.4 is 10.1 Å². The van der Waals surface area contributed by atoms with Crippen LogP contribution in [0.2, 0.25) is 0 Å². The van der Waals surface area contributed by atoms with Gasteiger partial charge in [0.05, 0.1) is 0 Å². The molecule has 0 aliphatic heterocycles. The molecule has 3 aromatic carbocycles. The Bertz CT molecular complexity index is 844. The number of amides is 1. The second-order valence-electron chi connectivity index (χ2n) is 5.41. The van der Waals surface area contributed by atoms with Crippen molar-refractivity contribution in [3.8, 4) is 5.75 Å². The maximum atomic E-state index is 13.2. The van der Waals surface area contributed by atoms with Crippen molar-refractivity contribution in [2.75, 3.05) is 5.32 Å². The monoisotopic (exact) mass is 339 g/mol. The first kappa shape index (κ1) is 16.6. The van der Waals surface area contributed by atoms with Gasteiger partial charge in [0.1, 0.15) is 24.0 Å². The Hall–Kier alpha value is -3.21. The van der Waals surface area contributed by atoms with Gasteiger partial charge in [-0.25, -0.2) is 8.78 Å². The molecule has 0 aliphatic rings. The van der Waals surface area contributed by atoms with Crippen LogP contribution in [0.1, 0.15) is 15.9 Å². The van der Waals surface area contributed by atoms with Gasteiger partial charge >= 0.3 is 0 Å². The molecule has 0 atom stereocenters. The van der Waals surface area contributed by atoms with E-state index >= 15 is 0 Å². The third-order valence-electron chi connectivity index (χ3n) is 3.49. The number of hydrogen-bond acceptors (Lipinski definition) is 2. The van der Waals surface area contributed by atoms with Gasteiger partial charge in [-0.05, 0) is 42.0 Å². The van der Waals surface area contributed by atoms with E-state index < -0.39 is 17.5 Å². The molecule has 0 radical (unpaired) electrons. The lowest BCUT2D eigenvalue weighted by Gasteiger charge is -2.09. The van der Waals surface area contributed by atoms with Crippen molar-refractivity contribution in [3.05, 3.63) is 95.6 Å². The third kappa shape index (κ3) is 4.64. The SMILES string of the molecule is O=C(Nc1ccc(OCc2ccccc2)cc1)c1cc(F)cc(F)c1. The van der Waals surface area contributed by atoms with Crippen LogP contribution in [-0.4, -0.2) is 5.91 Å². The zero-order valence-electron chi connectivity index (χ0n) is 13.2. The maximum absolute atomic E-state index is 13.2. The van der Waals surface area contributed by atoms with Gasteiger partial charge in [-0.3, -0.25) is 4.79 Å². The molecule has 3 nitrogen and oxygen atoms in total. The fourth-order valence-electron chi connectivity index (χ4n) is 2.26. The number of halogens is 2. The fourth-order valence-corrected chi connectivity index (χ4v) is 2.26. The Kier molecular flexibility index (Phi) is 5.04. The van der Waals surface area contributed by atoms with Crippen molar-refractivity contribution < 1.29 is 18.3 Å². The van der Waals surface area contributed by atoms with Gasteiger partial charge in [-0.15, -0.1) is 0 Å². The zero-order chi connectivity index (χ0) is 17.6. The molecule has 0 saturated heterocycles. The smallest absolute Gasteiger partial charge is 0.255 e. The van der Waals surface area contributed by atoms with Crippen LogP contribution in [0.4, 0.5) is 14.5 Å². The first-order chi connectivity index (χ1) is 12.1. The molecular formula is C20H15F2NO2. The largest absolute Gasteiger partial charge is 0.489 e. The zero-order valence-corrected chi connectivity index (χ0v) is 13.2. The predicted octanol–water partition coefficient (Wildman–Crippen LogP) is 4.80. The molecule has 1 N–H and O–H groups in total. The highest BCUT2D eigenvalue weighted by molar-refractivity contribution is 6.04. The van der Waals surface area contributed by atoms with Gasteiger partial charge < -0.3 is 10.1 Å². The molecule has 126 valence electrons. The van der Waals surface area contributed by atoms with E-state index in [1.807, 2.05) is 30.3 Å². The fraction of sp³-hybridized carbons (Fsp3) is 0.0500. The summed E-state index contributed by atoms with van der Waals surface area (Å²) in [7, 11) is 0. The Balaban J connectivity index is 1.61. The van der Waals surface area contributed by atoms with Crippen LogP contribution in [0.15, 0.2) is 72.8 Å². The summed E-state index contributed by atoms with van der Waals surface area (Å²) in [5.41, 5.74) is 1.47. The molecular weight excluding hydrogens is 324 g/mol. The Morgan fingerprint density at radius 3 is 2.16 bits per heavy atom. The number of carbonyl (C=O) groups is 1. The van der Waals surface area contributed by atoms with Gasteiger partial charge in [-0.1, -0.05) is 30.3 Å². The van der Waals surface area contributed by atoms with E-state index in [1.54, 1.807) is 24.3 Å². The molecule has 3 rings (SSSR count). The van der Waals surface area contributed by atoms with Crippen molar-refractivity contribution in [2.45, 2.75) is 6.61 Å². The number of benzene rings is 3. The first-order valence-electron chi connectivity index (χ1n) is 7.64. The number of hydrogen-bond donors (Lipinski definition) is 1. The van der Waals surface area contributed by atoms with Crippen LogP contribution in [-0.2, 0) is 6.61 Å². The Morgan fingerprint density at radius 2 is 1.52 bits per heavy atom. The average Bonchev–Trinajstić information content (AvgIpc) is 2.61. The topological polar surface area (TPSA) is 38.3 Å². The van der Waals surface area contributed by atoms with E-state index in [2.05, 4.69) is 5.32 Å². The third-order valence-corrected chi connectivity index (χ3v) is 3.49. The van der Waals surface area contributed by atoms with Crippen molar-refractivity contribution in [1.82, 2.24) is 0 Å². The minimum atomic E-state index is -0.796. The van der Waals surface area contributed by atoms with Gasteiger partial charge in [0.2, 0.25) is 0 Å². The van der Waals surface area contributed by atoms with Crippen LogP contribution in [0.3, 0.4) is 0 Å². The van der Waals surface area contributed by atoms with Crippen molar-refractivity contribution >= 4 is 11.6 Å². The summed E-state index contributed by atoms with van der Waals surface area (Å²) < 4.78 is 32.0. The number of carbonyl (C=O) groups excluding carboxylic acids is 1. The molecule has 25 heavy (non-hydrogen) atoms. The molecule has 0 aromatic heterocycles. The minimum absolute atomic E-state index is 0.0816. The lowest BCUT2D eigenvalue weighted by molar-refractivity contribution is 0.102. The highest BCUT2D eigenvalue weighted by atomic mass is 19.1. The summed E-state index contributed by atoms with van der Waals surface area (Å²) in [5, 5.41) is 2.59. The highest BCUT2D eigenvalue weighted by Gasteiger charge is 2.09. The quantitative estimate of drug-likeness (QED) is 0.725. The van der Waals surface area contributed by atoms with E-state index in [4.69, 9.17) is 4.74 Å². The summed E-state index contributed by atoms with van der Waals surface area (Å²) in [5.74, 6) is -1.53. The molecule has 0 heterocycles. The molecule has 3 aromatic rings. The van der Waals surface area contributed by atoms with Crippen LogP contribution in [0, 0.1) is 11.6 Å². The molecule has 0 aliphatic carbocycles. The van der Waals surface area contributed by atoms with E-state index in [0.29, 0.717) is 18.0 Å². The summed E-state index contributed by atoms with van der Waals surface area (Å²) in [6, 6.07) is 19.2. The standard InChI is InChI=1S/C20H15F2NO2/c21-16-10-15(11-17(22)12-16)20(24)23-18-6-8-19(9-7-18)25-13-14-4-2-1-3-5-14/h1-12H,13H2,(H,23,24). The molecule has 0 bridgehead atoms. The van der Waals surface area contributed by atoms with Gasteiger partial charge in [0.15, 0.2) is 0 Å². The normalized spacial score (nSPS) is 10.3. The maximum Gasteiger partial charge on any atom is 0.255 e. The lowest BCUT2D eigenvalue weighted by atomic mass is 10.2. The van der Waals surface area contributed by atoms with E-state index in [1.165, 1.54) is 0 Å². The summed E-state index contributed by atoms with van der Waals surface area (Å²) in [4.78, 5) is 12.0. The van der Waals surface area contributed by atoms with Crippen LogP contribution in [0.25, 0.3) is 0 Å². The Morgan fingerprint density at radius 1 is 0.880 bits per heavy atom. The first-order valence-corrected chi connectivity index (χ1v) is 7.64. The van der Waals surface area contributed by atoms with Crippen molar-refractivity contribution in [3.63, 3.8) is 0 Å². The van der Waals surface area contributed by atoms with Crippen molar-refractivity contribution in [1.29, 1.82) is 0 Å². The average molecular weight is 339 g/mol. The van der Waals surface area contributed by atoms with E-state index in [0.717, 1.165) is 23.8 Å². The van der Waals surface area contributed by atoms with Crippen LogP contribution >= 0.6 is 0 Å². The van der Waals surface area contributed by atoms with Crippen LogP contribution in [0.5, 0.6) is 5.75 Å². The number of anilines is 1. The summed E-state index contributed by atoms with van der Waals surface area (Å²) >= 11 is 0. The lowest BCUT2D eigenvalue weighted by Crippen LogP contribution is -2.12. The molecule has 0 saturated carbocycles. The van der Waals surface area contributed by atoms with Gasteiger partial charge in [-0.2, -0.15) is 0 Å². The van der Waals surface area contributed by atoms with Gasteiger partial charge in [0.25, 0.3) is 5.91 Å². The molecule has 0 spiro atoms. The molecule has 1 amide bonds. The second kappa shape index (κ2) is 7.57. The molecule has 0 fully saturated rings. The number of nitrogens with one attached hydrogen (secondary N) is 1. The number of ether oxygens (including phenoxy) is 1. The summed E-state index contributed by atoms with van der Waals surface area (Å²) in [6.45, 7) is 0.440. The van der Waals surface area contributed by atoms with Crippen molar-refractivity contribution in [2.24, 2.45) is 0 Å². The minimum Gasteiger partial charge on any atom is -0.489 e.